The summed E-state index contributed by atoms with van der Waals surface area (Å²) in [5.41, 5.74) is 16.3. The number of allylic oxidation sites excluding steroid dienone is 2. The number of nitrogens with zero attached hydrogens (tertiary/aromatic N) is 3. The summed E-state index contributed by atoms with van der Waals surface area (Å²) >= 11 is 5.85. The van der Waals surface area contributed by atoms with Crippen LogP contribution in [-0.2, 0) is 95.5 Å². The fourth-order valence-corrected chi connectivity index (χ4v) is 16.1. The quantitative estimate of drug-likeness (QED) is 0.0329. The molecule has 0 amide bonds. The maximum atomic E-state index is 13.7. The third-order valence-electron chi connectivity index (χ3n) is 22.3. The lowest BCUT2D eigenvalue weighted by Gasteiger charge is -2.35. The number of carbonyl (C=O) groups is 9. The Labute approximate surface area is 727 Å². The number of ketones is 1. The molecule has 9 aromatic carbocycles. The first-order chi connectivity index (χ1) is 59.7. The number of H-pyrrole nitrogens is 1. The number of aromatic amines is 1. The van der Waals surface area contributed by atoms with Crippen LogP contribution in [0.1, 0.15) is 157 Å². The van der Waals surface area contributed by atoms with Crippen LogP contribution in [0.15, 0.2) is 235 Å². The molecule has 0 radical (unpaired) electrons. The number of aliphatic carboxylic acids is 6. The number of methoxy groups -OCH3 is 2. The zero-order valence-corrected chi connectivity index (χ0v) is 71.7. The van der Waals surface area contributed by atoms with Crippen LogP contribution in [0.3, 0.4) is 0 Å². The van der Waals surface area contributed by atoms with E-state index in [1.807, 2.05) is 112 Å². The van der Waals surface area contributed by atoms with Crippen LogP contribution in [0.25, 0.3) is 49.8 Å². The molecule has 4 aromatic heterocycles. The second kappa shape index (κ2) is 40.9. The van der Waals surface area contributed by atoms with Crippen molar-refractivity contribution in [2.24, 2.45) is 13.0 Å². The van der Waals surface area contributed by atoms with E-state index >= 15 is 0 Å². The van der Waals surface area contributed by atoms with Crippen molar-refractivity contribution in [2.75, 3.05) is 27.1 Å². The minimum atomic E-state index is -1.04. The monoisotopic (exact) mass is 1730 g/mol. The van der Waals surface area contributed by atoms with Crippen molar-refractivity contribution in [2.45, 2.75) is 109 Å². The van der Waals surface area contributed by atoms with Gasteiger partial charge in [-0.2, -0.15) is 0 Å². The van der Waals surface area contributed by atoms with Gasteiger partial charge in [0, 0.05) is 97.2 Å². The van der Waals surface area contributed by atoms with Gasteiger partial charge in [-0.3, -0.25) is 56.5 Å². The van der Waals surface area contributed by atoms with E-state index in [0.29, 0.717) is 92.3 Å². The second-order valence-electron chi connectivity index (χ2n) is 30.3. The molecule has 3 aliphatic rings. The number of aryl methyl sites for hydroxylation is 2. The molecule has 1 aliphatic heterocycles. The van der Waals surface area contributed by atoms with Crippen LogP contribution in [0.4, 0.5) is 4.39 Å². The molecule has 0 bridgehead atoms. The van der Waals surface area contributed by atoms with Gasteiger partial charge in [-0.1, -0.05) is 134 Å². The van der Waals surface area contributed by atoms with Crippen molar-refractivity contribution >= 4 is 126 Å². The normalized spacial score (nSPS) is 14.8. The van der Waals surface area contributed by atoms with Crippen LogP contribution in [0, 0.1) is 18.7 Å². The molecule has 5 heterocycles. The van der Waals surface area contributed by atoms with Gasteiger partial charge in [-0.15, -0.1) is 0 Å². The number of rotatable bonds is 21. The lowest BCUT2D eigenvalue weighted by molar-refractivity contribution is -0.149. The maximum absolute atomic E-state index is 13.7. The molecular formula is C99H94ClFN4O19S. The molecular weight excluding hydrogens is 1640 g/mol. The Morgan fingerprint density at radius 1 is 0.640 bits per heavy atom. The lowest BCUT2D eigenvalue weighted by Crippen LogP contribution is -2.37. The van der Waals surface area contributed by atoms with Crippen molar-refractivity contribution in [3.63, 3.8) is 0 Å². The van der Waals surface area contributed by atoms with Crippen molar-refractivity contribution in [1.82, 2.24) is 18.7 Å². The van der Waals surface area contributed by atoms with Gasteiger partial charge in [-0.05, 0) is 234 Å². The number of carboxylic acid groups (broad SMARTS) is 6. The highest BCUT2D eigenvalue weighted by Gasteiger charge is 2.41. The largest absolute Gasteiger partial charge is 0.497 e. The highest BCUT2D eigenvalue weighted by molar-refractivity contribution is 7.84. The topological polar surface area (TPSA) is 350 Å². The summed E-state index contributed by atoms with van der Waals surface area (Å²) in [7, 11) is 3.83. The van der Waals surface area contributed by atoms with Gasteiger partial charge in [0.2, 0.25) is 5.78 Å². The number of hydrogen-bond acceptors (Lipinski definition) is 13. The summed E-state index contributed by atoms with van der Waals surface area (Å²) in [5, 5.41) is 58.9. The number of aromatic nitrogens is 4. The van der Waals surface area contributed by atoms with Crippen LogP contribution >= 0.6 is 11.6 Å². The number of hydrogen-bond donors (Lipinski definition) is 7. The molecule has 0 fully saturated rings. The van der Waals surface area contributed by atoms with Gasteiger partial charge >= 0.3 is 35.8 Å². The number of benzene rings is 9. The van der Waals surface area contributed by atoms with Crippen molar-refractivity contribution in [3.8, 4) is 11.5 Å². The van der Waals surface area contributed by atoms with E-state index in [1.165, 1.54) is 40.3 Å². The molecule has 0 spiro atoms. The summed E-state index contributed by atoms with van der Waals surface area (Å²) in [4.78, 5) is 108. The Morgan fingerprint density at radius 2 is 1.28 bits per heavy atom. The highest BCUT2D eigenvalue weighted by Crippen LogP contribution is 2.45. The molecule has 7 N–H and O–H groups in total. The molecule has 4 atom stereocenters. The van der Waals surface area contributed by atoms with E-state index in [4.69, 9.17) is 51.3 Å². The number of carbonyl (C=O) groups excluding carboxylic acids is 3. The van der Waals surface area contributed by atoms with Gasteiger partial charge in [0.15, 0.2) is 0 Å². The molecule has 0 saturated heterocycles. The first-order valence-electron chi connectivity index (χ1n) is 40.1. The third kappa shape index (κ3) is 21.8. The van der Waals surface area contributed by atoms with E-state index in [1.54, 1.807) is 146 Å². The zero-order valence-electron chi connectivity index (χ0n) is 70.2. The third-order valence-corrected chi connectivity index (χ3v) is 23.5. The van der Waals surface area contributed by atoms with E-state index in [9.17, 15) is 56.9 Å². The van der Waals surface area contributed by atoms with Crippen LogP contribution < -0.4 is 9.47 Å². The van der Waals surface area contributed by atoms with Gasteiger partial charge < -0.3 is 54.4 Å². The lowest BCUT2D eigenvalue weighted by atomic mass is 9.86. The number of halogens is 2. The molecule has 644 valence electrons. The van der Waals surface area contributed by atoms with E-state index in [2.05, 4.69) is 30.1 Å². The zero-order chi connectivity index (χ0) is 90.3. The summed E-state index contributed by atoms with van der Waals surface area (Å²) in [6.07, 6.45) is 9.85. The van der Waals surface area contributed by atoms with E-state index in [0.717, 1.165) is 90.1 Å². The molecule has 16 rings (SSSR count). The summed E-state index contributed by atoms with van der Waals surface area (Å²) in [5.74, 6) is -5.56. The smallest absolute Gasteiger partial charge is 0.310 e. The van der Waals surface area contributed by atoms with Gasteiger partial charge in [0.1, 0.15) is 22.9 Å². The van der Waals surface area contributed by atoms with Gasteiger partial charge in [0.25, 0.3) is 11.8 Å². The minimum Gasteiger partial charge on any atom is -0.497 e. The first-order valence-corrected chi connectivity index (χ1v) is 42.0. The molecule has 26 heteroatoms. The molecule has 2 aliphatic carbocycles. The predicted octanol–water partition coefficient (Wildman–Crippen LogP) is 18.6. The fraction of sp³-hybridized carbons (Fsp3) is 0.222. The predicted molar refractivity (Wildman–Crippen MR) is 478 cm³/mol. The van der Waals surface area contributed by atoms with Crippen molar-refractivity contribution in [1.29, 1.82) is 0 Å². The second-order valence-corrected chi connectivity index (χ2v) is 32.1. The van der Waals surface area contributed by atoms with E-state index < -0.39 is 64.1 Å². The number of nitrogens with one attached hydrogen (secondary N) is 1. The Kier molecular flexibility index (Phi) is 30.0. The van der Waals surface area contributed by atoms with Crippen molar-refractivity contribution in [3.05, 3.63) is 331 Å². The SMILES string of the molecule is CC1=C(CC(=O)O)c2cc(F)ccc2/C1=C\c1ccc(S(C)=O)cc1.CCc1cccc2c3c([nH]c12)C(CC)(CC(=O)O)OCC3.COc1ccc2c(c1)c(CC(=O)O)cn2C(=O)c1ccc(Cl)cc1.COc1ccc2cc(C(C)C(=O)O)ccc2c1.Cc1ccc(C(=O)c2ccc(CC(=O)O)n2C)cc1.O=C(O)C1Cc2ccn(C(=O)c3ccccc3)c2C1. The number of carboxylic acids is 6. The standard InChI is InChI=1S/C20H17FO3S.C18H14ClNO4.C17H21NO3.C15H13NO3.C15H15NO3.C14H14O3/c1-12-17(9-13-3-6-15(7-4-13)25(2)24)16-8-5-14(21)10-19(16)18(12)11-20(22)23;1-24-14-6-7-16-15(9-14)12(8-17(21)22)10-20(16)18(23)11-2-4-13(19)5-3-11;1-3-11-6-5-7-12-13-8-9-21-17(4-2,10-14(19)20)16(13)18-15(11)12;17-14(10-4-2-1-3-5-10)16-7-6-11-8-12(15(18)19)9-13(11)16;1-10-3-5-11(6-4-10)15(19)13-8-7-12(16(13)2)9-14(17)18;1-9(14(15)16)10-3-4-12-8-13(17-2)6-5-11(12)7-10/h3-10H,11H2,1-2H3,(H,22,23);2-7,9-10H,8H2,1H3,(H,21,22);5-7,18H,3-4,8-10H2,1-2H3,(H,19,20);1-7,12H,8-9H2,(H,18,19);3-8H,9H2,1-2H3,(H,17,18);3-9H,1-2H3,(H,15,16)/b17-9-;;;;;. The van der Waals surface area contributed by atoms with Crippen LogP contribution in [0.5, 0.6) is 11.5 Å². The molecule has 125 heavy (non-hydrogen) atoms. The van der Waals surface area contributed by atoms with Gasteiger partial charge in [-0.25, -0.2) is 4.39 Å². The summed E-state index contributed by atoms with van der Waals surface area (Å²) in [6, 6.07) is 62.9. The Hall–Kier alpha value is -13.9. The molecule has 4 unspecified atom stereocenters. The Balaban J connectivity index is 0.000000146. The van der Waals surface area contributed by atoms with Crippen LogP contribution in [0.2, 0.25) is 5.02 Å². The number of fused-ring (bicyclic) bond motifs is 7. The molecule has 0 saturated carbocycles. The average molecular weight is 1730 g/mol. The highest BCUT2D eigenvalue weighted by atomic mass is 35.5. The fourth-order valence-electron chi connectivity index (χ4n) is 15.5. The van der Waals surface area contributed by atoms with Crippen molar-refractivity contribution < 1.29 is 96.6 Å². The number of ether oxygens (including phenoxy) is 3. The first kappa shape index (κ1) is 91.9. The van der Waals surface area contributed by atoms with Gasteiger partial charge in [0.05, 0.1) is 75.3 Å². The summed E-state index contributed by atoms with van der Waals surface area (Å²) < 4.78 is 46.1. The Bertz CT molecular complexity index is 6360. The van der Waals surface area contributed by atoms with E-state index in [-0.39, 0.29) is 49.1 Å². The average Bonchev–Trinajstić information content (AvgIpc) is 1.59. The molecule has 13 aromatic rings. The molecule has 23 nitrogen and oxygen atoms in total. The maximum Gasteiger partial charge on any atom is 0.310 e. The minimum absolute atomic E-state index is 0.00474. The Morgan fingerprint density at radius 3 is 1.91 bits per heavy atom. The number of para-hydroxylation sites is 1. The van der Waals surface area contributed by atoms with Crippen LogP contribution in [-0.4, -0.2) is 134 Å². The summed E-state index contributed by atoms with van der Waals surface area (Å²) in [6.45, 7) is 10.2.